The maximum Gasteiger partial charge on any atom is 0.122 e. The first-order valence-electron chi connectivity index (χ1n) is 6.22. The van der Waals surface area contributed by atoms with Crippen LogP contribution in [0.25, 0.3) is 6.08 Å². The Morgan fingerprint density at radius 3 is 2.06 bits per heavy atom. The third-order valence-electron chi connectivity index (χ3n) is 2.53. The minimum absolute atomic E-state index is 0.334. The summed E-state index contributed by atoms with van der Waals surface area (Å²) < 4.78 is 0. The van der Waals surface area contributed by atoms with E-state index >= 15 is 0 Å². The van der Waals surface area contributed by atoms with Gasteiger partial charge in [0.1, 0.15) is 5.75 Å². The molecule has 0 saturated carbocycles. The molecule has 0 heterocycles. The molecular weight excluding hydrogens is 220 g/mol. The molecule has 0 aliphatic carbocycles. The summed E-state index contributed by atoms with van der Waals surface area (Å²) in [5, 5.41) is 9.19. The maximum atomic E-state index is 9.19. The van der Waals surface area contributed by atoms with Crippen LogP contribution in [0, 0.1) is 0 Å². The lowest BCUT2D eigenvalue weighted by Crippen LogP contribution is -1.73. The van der Waals surface area contributed by atoms with Gasteiger partial charge in [-0.3, -0.25) is 0 Å². The molecule has 0 aliphatic rings. The Morgan fingerprint density at radius 1 is 0.944 bits per heavy atom. The van der Waals surface area contributed by atoms with Crippen molar-refractivity contribution in [2.24, 2.45) is 0 Å². The van der Waals surface area contributed by atoms with Crippen LogP contribution in [0.1, 0.15) is 25.0 Å². The number of hydrogen-bond acceptors (Lipinski definition) is 1. The molecule has 1 heteroatoms. The molecule has 0 saturated heterocycles. The van der Waals surface area contributed by atoms with Gasteiger partial charge < -0.3 is 5.11 Å². The minimum Gasteiger partial charge on any atom is -0.507 e. The predicted molar refractivity (Wildman–Crippen MR) is 78.6 cm³/mol. The first-order valence-corrected chi connectivity index (χ1v) is 6.22. The van der Waals surface area contributed by atoms with Crippen LogP contribution >= 0.6 is 0 Å². The van der Waals surface area contributed by atoms with E-state index in [1.54, 1.807) is 6.07 Å². The van der Waals surface area contributed by atoms with E-state index in [2.05, 4.69) is 31.2 Å². The molecule has 0 spiro atoms. The van der Waals surface area contributed by atoms with Gasteiger partial charge in [-0.1, -0.05) is 67.6 Å². The van der Waals surface area contributed by atoms with Gasteiger partial charge in [0.25, 0.3) is 0 Å². The van der Waals surface area contributed by atoms with Gasteiger partial charge in [0, 0.05) is 5.56 Å². The smallest absolute Gasteiger partial charge is 0.122 e. The second-order valence-corrected chi connectivity index (χ2v) is 3.90. The van der Waals surface area contributed by atoms with Crippen molar-refractivity contribution in [2.75, 3.05) is 0 Å². The molecule has 94 valence electrons. The van der Waals surface area contributed by atoms with E-state index in [0.29, 0.717) is 5.75 Å². The van der Waals surface area contributed by atoms with Crippen molar-refractivity contribution in [1.29, 1.82) is 0 Å². The Hall–Kier alpha value is -2.02. The Labute approximate surface area is 109 Å². The minimum atomic E-state index is 0.334. The molecule has 0 radical (unpaired) electrons. The predicted octanol–water partition coefficient (Wildman–Crippen LogP) is 4.67. The SMILES string of the molecule is CC=Cc1ccccc1O.CCc1ccccc1. The molecule has 2 aromatic carbocycles. The zero-order chi connectivity index (χ0) is 13.2. The zero-order valence-corrected chi connectivity index (χ0v) is 11.0. The summed E-state index contributed by atoms with van der Waals surface area (Å²) in [4.78, 5) is 0. The van der Waals surface area contributed by atoms with Gasteiger partial charge in [-0.05, 0) is 25.0 Å². The van der Waals surface area contributed by atoms with E-state index in [1.165, 1.54) is 5.56 Å². The van der Waals surface area contributed by atoms with E-state index < -0.39 is 0 Å². The Kier molecular flexibility index (Phi) is 6.34. The molecule has 0 amide bonds. The average molecular weight is 240 g/mol. The number of allylic oxidation sites excluding steroid dienone is 1. The summed E-state index contributed by atoms with van der Waals surface area (Å²) in [6.07, 6.45) is 4.91. The van der Waals surface area contributed by atoms with Crippen molar-refractivity contribution in [3.63, 3.8) is 0 Å². The summed E-state index contributed by atoms with van der Waals surface area (Å²) in [5.74, 6) is 0.334. The van der Waals surface area contributed by atoms with Gasteiger partial charge in [0.05, 0.1) is 0 Å². The fourth-order valence-corrected chi connectivity index (χ4v) is 1.52. The second-order valence-electron chi connectivity index (χ2n) is 3.90. The van der Waals surface area contributed by atoms with Gasteiger partial charge in [0.2, 0.25) is 0 Å². The summed E-state index contributed by atoms with van der Waals surface area (Å²) >= 11 is 0. The lowest BCUT2D eigenvalue weighted by molar-refractivity contribution is 0.474. The quantitative estimate of drug-likeness (QED) is 0.808. The van der Waals surface area contributed by atoms with E-state index in [0.717, 1.165) is 12.0 Å². The fourth-order valence-electron chi connectivity index (χ4n) is 1.52. The van der Waals surface area contributed by atoms with Gasteiger partial charge in [0.15, 0.2) is 0 Å². The summed E-state index contributed by atoms with van der Waals surface area (Å²) in [5.41, 5.74) is 2.28. The van der Waals surface area contributed by atoms with Crippen LogP contribution in [-0.2, 0) is 6.42 Å². The third kappa shape index (κ3) is 4.88. The number of benzene rings is 2. The van der Waals surface area contributed by atoms with Gasteiger partial charge in [-0.25, -0.2) is 0 Å². The van der Waals surface area contributed by atoms with Crippen molar-refractivity contribution in [1.82, 2.24) is 0 Å². The lowest BCUT2D eigenvalue weighted by Gasteiger charge is -1.94. The van der Waals surface area contributed by atoms with Gasteiger partial charge in [-0.2, -0.15) is 0 Å². The van der Waals surface area contributed by atoms with E-state index in [-0.39, 0.29) is 0 Å². The number of hydrogen-bond donors (Lipinski definition) is 1. The molecule has 0 unspecified atom stereocenters. The monoisotopic (exact) mass is 240 g/mol. The maximum absolute atomic E-state index is 9.19. The molecule has 0 aromatic heterocycles. The van der Waals surface area contributed by atoms with Crippen LogP contribution in [0.2, 0.25) is 0 Å². The standard InChI is InChI=1S/C9H10O.C8H10/c1-2-5-8-6-3-4-7-9(8)10;1-2-8-6-4-3-5-7-8/h2-7,10H,1H3;3-7H,2H2,1H3. The molecule has 0 bridgehead atoms. The molecule has 1 nitrogen and oxygen atoms in total. The summed E-state index contributed by atoms with van der Waals surface area (Å²) in [6, 6.07) is 17.7. The molecule has 2 aromatic rings. The fraction of sp³-hybridized carbons (Fsp3) is 0.176. The third-order valence-corrected chi connectivity index (χ3v) is 2.53. The van der Waals surface area contributed by atoms with Crippen LogP contribution in [0.15, 0.2) is 60.7 Å². The summed E-state index contributed by atoms with van der Waals surface area (Å²) in [6.45, 7) is 4.09. The first kappa shape index (κ1) is 14.0. The number of aryl methyl sites for hydroxylation is 1. The molecule has 18 heavy (non-hydrogen) atoms. The molecule has 0 aliphatic heterocycles. The average Bonchev–Trinajstić information content (AvgIpc) is 2.43. The molecule has 2 rings (SSSR count). The Morgan fingerprint density at radius 2 is 1.56 bits per heavy atom. The number of rotatable bonds is 2. The van der Waals surface area contributed by atoms with Crippen LogP contribution < -0.4 is 0 Å². The van der Waals surface area contributed by atoms with Crippen LogP contribution in [0.5, 0.6) is 5.75 Å². The molecule has 0 atom stereocenters. The van der Waals surface area contributed by atoms with Gasteiger partial charge in [-0.15, -0.1) is 0 Å². The largest absolute Gasteiger partial charge is 0.507 e. The van der Waals surface area contributed by atoms with E-state index in [1.807, 2.05) is 43.3 Å². The van der Waals surface area contributed by atoms with E-state index in [9.17, 15) is 5.11 Å². The van der Waals surface area contributed by atoms with Crippen molar-refractivity contribution in [3.8, 4) is 5.75 Å². The van der Waals surface area contributed by atoms with Gasteiger partial charge >= 0.3 is 0 Å². The highest BCUT2D eigenvalue weighted by Gasteiger charge is 1.90. The molecule has 1 N–H and O–H groups in total. The number of phenols is 1. The lowest BCUT2D eigenvalue weighted by atomic mass is 10.2. The van der Waals surface area contributed by atoms with Crippen molar-refractivity contribution < 1.29 is 5.11 Å². The normalized spacial score (nSPS) is 9.89. The highest BCUT2D eigenvalue weighted by Crippen LogP contribution is 2.16. The highest BCUT2D eigenvalue weighted by atomic mass is 16.3. The van der Waals surface area contributed by atoms with E-state index in [4.69, 9.17) is 0 Å². The van der Waals surface area contributed by atoms with Crippen LogP contribution in [-0.4, -0.2) is 5.11 Å². The molecular formula is C17H20O. The number of aromatic hydroxyl groups is 1. The topological polar surface area (TPSA) is 20.2 Å². The Bertz CT molecular complexity index is 472. The number of para-hydroxylation sites is 1. The first-order chi connectivity index (χ1) is 8.77. The van der Waals surface area contributed by atoms with Crippen LogP contribution in [0.3, 0.4) is 0 Å². The van der Waals surface area contributed by atoms with Crippen molar-refractivity contribution in [2.45, 2.75) is 20.3 Å². The second kappa shape index (κ2) is 8.13. The summed E-state index contributed by atoms with van der Waals surface area (Å²) in [7, 11) is 0. The van der Waals surface area contributed by atoms with Crippen LogP contribution in [0.4, 0.5) is 0 Å². The molecule has 0 fully saturated rings. The van der Waals surface area contributed by atoms with Crippen molar-refractivity contribution in [3.05, 3.63) is 71.8 Å². The highest BCUT2D eigenvalue weighted by molar-refractivity contribution is 5.55. The zero-order valence-electron chi connectivity index (χ0n) is 11.0. The number of phenolic OH excluding ortho intramolecular Hbond substituents is 1. The van der Waals surface area contributed by atoms with Crippen molar-refractivity contribution >= 4 is 6.08 Å². The Balaban J connectivity index is 0.000000184.